The normalized spacial score (nSPS) is 27.4. The van der Waals surface area contributed by atoms with E-state index in [0.717, 1.165) is 6.54 Å². The van der Waals surface area contributed by atoms with Gasteiger partial charge in [-0.15, -0.1) is 0 Å². The molecule has 2 heteroatoms. The van der Waals surface area contributed by atoms with Crippen molar-refractivity contribution >= 4 is 0 Å². The Hall–Kier alpha value is -0.0800. The van der Waals surface area contributed by atoms with Crippen molar-refractivity contribution in [2.75, 3.05) is 6.54 Å². The summed E-state index contributed by atoms with van der Waals surface area (Å²) >= 11 is 0. The number of rotatable bonds is 4. The van der Waals surface area contributed by atoms with Gasteiger partial charge in [-0.1, -0.05) is 27.2 Å². The number of nitrogens with two attached hydrogens (primary N) is 1. The predicted octanol–water partition coefficient (Wildman–Crippen LogP) is 2.92. The Bertz CT molecular complexity index is 215. The lowest BCUT2D eigenvalue weighted by Crippen LogP contribution is -2.46. The summed E-state index contributed by atoms with van der Waals surface area (Å²) in [5, 5.41) is 3.71. The molecule has 2 atom stereocenters. The lowest BCUT2D eigenvalue weighted by Gasteiger charge is -2.35. The summed E-state index contributed by atoms with van der Waals surface area (Å²) in [7, 11) is 0. The van der Waals surface area contributed by atoms with Gasteiger partial charge in [0, 0.05) is 11.6 Å². The molecule has 1 fully saturated rings. The molecule has 0 bridgehead atoms. The third-order valence-electron chi connectivity index (χ3n) is 3.53. The highest BCUT2D eigenvalue weighted by Gasteiger charge is 2.28. The van der Waals surface area contributed by atoms with Crippen molar-refractivity contribution in [3.63, 3.8) is 0 Å². The molecule has 0 saturated heterocycles. The lowest BCUT2D eigenvalue weighted by atomic mass is 9.81. The summed E-state index contributed by atoms with van der Waals surface area (Å²) in [5.41, 5.74) is 6.70. The van der Waals surface area contributed by atoms with Crippen molar-refractivity contribution in [1.29, 1.82) is 0 Å². The quantitative estimate of drug-likeness (QED) is 0.773. The number of hydrogen-bond acceptors (Lipinski definition) is 2. The minimum atomic E-state index is 0.223. The van der Waals surface area contributed by atoms with E-state index in [1.807, 2.05) is 0 Å². The molecule has 1 rings (SSSR count). The van der Waals surface area contributed by atoms with Crippen molar-refractivity contribution in [1.82, 2.24) is 5.32 Å². The molecule has 2 nitrogen and oxygen atoms in total. The van der Waals surface area contributed by atoms with Crippen LogP contribution in [-0.2, 0) is 0 Å². The maximum Gasteiger partial charge on any atom is 0.0130 e. The van der Waals surface area contributed by atoms with E-state index in [1.165, 1.54) is 25.7 Å². The maximum absolute atomic E-state index is 6.10. The summed E-state index contributed by atoms with van der Waals surface area (Å²) in [6.45, 7) is 12.6. The Morgan fingerprint density at radius 2 is 1.75 bits per heavy atom. The highest BCUT2D eigenvalue weighted by molar-refractivity contribution is 4.87. The van der Waals surface area contributed by atoms with Crippen LogP contribution in [0.4, 0.5) is 0 Å². The SMILES string of the molecule is CC(C)(C)CC(C)(C)NCC1CCCC1N. The van der Waals surface area contributed by atoms with Gasteiger partial charge in [-0.25, -0.2) is 0 Å². The van der Waals surface area contributed by atoms with Crippen LogP contribution < -0.4 is 11.1 Å². The molecular weight excluding hydrogens is 196 g/mol. The molecule has 0 radical (unpaired) electrons. The van der Waals surface area contributed by atoms with Gasteiger partial charge in [0.15, 0.2) is 0 Å². The molecule has 96 valence electrons. The third-order valence-corrected chi connectivity index (χ3v) is 3.53. The molecule has 0 spiro atoms. The Kier molecular flexibility index (Phi) is 4.42. The standard InChI is InChI=1S/C14H30N2/c1-13(2,3)10-14(4,5)16-9-11-7-6-8-12(11)15/h11-12,16H,6-10,15H2,1-5H3. The molecule has 1 aliphatic carbocycles. The van der Waals surface area contributed by atoms with E-state index in [9.17, 15) is 0 Å². The Morgan fingerprint density at radius 1 is 1.12 bits per heavy atom. The molecule has 0 amide bonds. The summed E-state index contributed by atoms with van der Waals surface area (Å²) in [5.74, 6) is 0.694. The smallest absolute Gasteiger partial charge is 0.0130 e. The van der Waals surface area contributed by atoms with Crippen LogP contribution in [0.15, 0.2) is 0 Å². The number of nitrogens with one attached hydrogen (secondary N) is 1. The van der Waals surface area contributed by atoms with Gasteiger partial charge in [0.2, 0.25) is 0 Å². The predicted molar refractivity (Wildman–Crippen MR) is 71.5 cm³/mol. The maximum atomic E-state index is 6.10. The van der Waals surface area contributed by atoms with Crippen LogP contribution >= 0.6 is 0 Å². The minimum absolute atomic E-state index is 0.223. The molecule has 0 aromatic rings. The number of hydrogen-bond donors (Lipinski definition) is 2. The van der Waals surface area contributed by atoms with Crippen molar-refractivity contribution in [2.45, 2.75) is 71.9 Å². The molecule has 0 heterocycles. The van der Waals surface area contributed by atoms with Crippen molar-refractivity contribution in [3.8, 4) is 0 Å². The second kappa shape index (κ2) is 5.05. The molecule has 3 N–H and O–H groups in total. The molecule has 0 aliphatic heterocycles. The van der Waals surface area contributed by atoms with Crippen molar-refractivity contribution in [3.05, 3.63) is 0 Å². The highest BCUT2D eigenvalue weighted by atomic mass is 15.0. The first-order valence-corrected chi connectivity index (χ1v) is 6.70. The van der Waals surface area contributed by atoms with E-state index < -0.39 is 0 Å². The zero-order valence-corrected chi connectivity index (χ0v) is 11.8. The zero-order chi connectivity index (χ0) is 12.4. The van der Waals surface area contributed by atoms with Gasteiger partial charge >= 0.3 is 0 Å². The van der Waals surface area contributed by atoms with E-state index in [4.69, 9.17) is 5.73 Å². The van der Waals surface area contributed by atoms with E-state index in [-0.39, 0.29) is 5.54 Å². The summed E-state index contributed by atoms with van der Waals surface area (Å²) in [4.78, 5) is 0. The molecule has 1 saturated carbocycles. The fourth-order valence-electron chi connectivity index (χ4n) is 3.11. The first-order valence-electron chi connectivity index (χ1n) is 6.70. The fraction of sp³-hybridized carbons (Fsp3) is 1.00. The molecule has 0 aromatic heterocycles. The molecular formula is C14H30N2. The topological polar surface area (TPSA) is 38.0 Å². The van der Waals surface area contributed by atoms with Gasteiger partial charge in [-0.3, -0.25) is 0 Å². The Balaban J connectivity index is 2.35. The summed E-state index contributed by atoms with van der Waals surface area (Å²) in [6.07, 6.45) is 5.03. The van der Waals surface area contributed by atoms with Crippen molar-refractivity contribution in [2.24, 2.45) is 17.1 Å². The van der Waals surface area contributed by atoms with E-state index in [2.05, 4.69) is 39.9 Å². The van der Waals surface area contributed by atoms with Crippen LogP contribution in [0.25, 0.3) is 0 Å². The Morgan fingerprint density at radius 3 is 2.19 bits per heavy atom. The van der Waals surface area contributed by atoms with Gasteiger partial charge < -0.3 is 11.1 Å². The molecule has 16 heavy (non-hydrogen) atoms. The van der Waals surface area contributed by atoms with Gasteiger partial charge in [0.25, 0.3) is 0 Å². The zero-order valence-electron chi connectivity index (χ0n) is 11.8. The van der Waals surface area contributed by atoms with E-state index in [0.29, 0.717) is 17.4 Å². The van der Waals surface area contributed by atoms with E-state index >= 15 is 0 Å². The Labute approximate surface area is 101 Å². The highest BCUT2D eigenvalue weighted by Crippen LogP contribution is 2.28. The van der Waals surface area contributed by atoms with Gasteiger partial charge in [0.1, 0.15) is 0 Å². The third kappa shape index (κ3) is 4.84. The van der Waals surface area contributed by atoms with Crippen LogP contribution in [0.5, 0.6) is 0 Å². The average molecular weight is 226 g/mol. The first-order chi connectivity index (χ1) is 7.20. The molecule has 2 unspecified atom stereocenters. The average Bonchev–Trinajstić information content (AvgIpc) is 2.43. The molecule has 0 aromatic carbocycles. The monoisotopic (exact) mass is 226 g/mol. The van der Waals surface area contributed by atoms with Crippen LogP contribution in [-0.4, -0.2) is 18.1 Å². The van der Waals surface area contributed by atoms with E-state index in [1.54, 1.807) is 0 Å². The largest absolute Gasteiger partial charge is 0.327 e. The fourth-order valence-corrected chi connectivity index (χ4v) is 3.11. The van der Waals surface area contributed by atoms with Crippen molar-refractivity contribution < 1.29 is 0 Å². The van der Waals surface area contributed by atoms with Crippen LogP contribution in [0.3, 0.4) is 0 Å². The first kappa shape index (κ1) is 14.0. The minimum Gasteiger partial charge on any atom is -0.327 e. The second-order valence-corrected chi connectivity index (χ2v) is 7.36. The van der Waals surface area contributed by atoms with Crippen LogP contribution in [0, 0.1) is 11.3 Å². The summed E-state index contributed by atoms with van der Waals surface area (Å²) in [6, 6.07) is 0.429. The van der Waals surface area contributed by atoms with Gasteiger partial charge in [-0.2, -0.15) is 0 Å². The van der Waals surface area contributed by atoms with Crippen LogP contribution in [0.1, 0.15) is 60.3 Å². The van der Waals surface area contributed by atoms with Crippen LogP contribution in [0.2, 0.25) is 0 Å². The second-order valence-electron chi connectivity index (χ2n) is 7.36. The van der Waals surface area contributed by atoms with Gasteiger partial charge in [-0.05, 0) is 51.0 Å². The van der Waals surface area contributed by atoms with Gasteiger partial charge in [0.05, 0.1) is 0 Å². The summed E-state index contributed by atoms with van der Waals surface area (Å²) < 4.78 is 0. The lowest BCUT2D eigenvalue weighted by molar-refractivity contribution is 0.230. The molecule has 1 aliphatic rings.